The molecule has 2 rings (SSSR count). The highest BCUT2D eigenvalue weighted by molar-refractivity contribution is 5.84. The number of rotatable bonds is 3. The minimum Gasteiger partial charge on any atom is -0.355 e. The van der Waals surface area contributed by atoms with E-state index in [1.165, 1.54) is 6.42 Å². The summed E-state index contributed by atoms with van der Waals surface area (Å²) < 4.78 is 39.7. The number of alkyl halides is 3. The molecule has 116 valence electrons. The number of halogens is 3. The molecule has 0 aromatic rings. The summed E-state index contributed by atoms with van der Waals surface area (Å²) in [6, 6.07) is 0. The highest BCUT2D eigenvalue weighted by Gasteiger charge is 2.61. The van der Waals surface area contributed by atoms with Crippen LogP contribution in [0.25, 0.3) is 0 Å². The minimum atomic E-state index is -4.49. The van der Waals surface area contributed by atoms with Crippen molar-refractivity contribution in [3.05, 3.63) is 0 Å². The van der Waals surface area contributed by atoms with Crippen molar-refractivity contribution in [3.63, 3.8) is 0 Å². The van der Waals surface area contributed by atoms with Crippen molar-refractivity contribution >= 4 is 5.91 Å². The monoisotopic (exact) mass is 292 g/mol. The van der Waals surface area contributed by atoms with Gasteiger partial charge in [0.25, 0.3) is 0 Å². The average Bonchev–Trinajstić information content (AvgIpc) is 2.87. The van der Waals surface area contributed by atoms with Crippen LogP contribution in [-0.4, -0.2) is 31.7 Å². The predicted molar refractivity (Wildman–Crippen MR) is 70.2 cm³/mol. The molecule has 2 fully saturated rings. The largest absolute Gasteiger partial charge is 0.404 e. The van der Waals surface area contributed by atoms with Crippen LogP contribution in [0, 0.1) is 10.8 Å². The fourth-order valence-electron chi connectivity index (χ4n) is 3.30. The molecule has 2 N–H and O–H groups in total. The molecule has 1 amide bonds. The van der Waals surface area contributed by atoms with Gasteiger partial charge >= 0.3 is 6.18 Å². The van der Waals surface area contributed by atoms with Crippen molar-refractivity contribution in [2.75, 3.05) is 19.6 Å². The Labute approximate surface area is 117 Å². The zero-order valence-corrected chi connectivity index (χ0v) is 11.9. The first kappa shape index (κ1) is 15.6. The van der Waals surface area contributed by atoms with Crippen LogP contribution in [0.15, 0.2) is 0 Å². The Morgan fingerprint density at radius 1 is 1.20 bits per heavy atom. The predicted octanol–water partition coefficient (Wildman–Crippen LogP) is 2.62. The number of carbonyl (C=O) groups excluding carboxylic acids is 1. The second-order valence-corrected chi connectivity index (χ2v) is 6.56. The number of hydrogen-bond donors (Lipinski definition) is 2. The molecule has 0 aromatic carbocycles. The summed E-state index contributed by atoms with van der Waals surface area (Å²) in [6.07, 6.45) is 0.665. The Hall–Kier alpha value is -0.780. The van der Waals surface area contributed by atoms with Crippen LogP contribution < -0.4 is 10.6 Å². The van der Waals surface area contributed by atoms with Crippen molar-refractivity contribution < 1.29 is 18.0 Å². The highest BCUT2D eigenvalue weighted by atomic mass is 19.4. The third kappa shape index (κ3) is 2.95. The van der Waals surface area contributed by atoms with Crippen LogP contribution in [0.2, 0.25) is 0 Å². The second kappa shape index (κ2) is 5.54. The van der Waals surface area contributed by atoms with Crippen LogP contribution in [-0.2, 0) is 4.79 Å². The summed E-state index contributed by atoms with van der Waals surface area (Å²) in [4.78, 5) is 12.1. The van der Waals surface area contributed by atoms with Crippen molar-refractivity contribution in [1.29, 1.82) is 0 Å². The summed E-state index contributed by atoms with van der Waals surface area (Å²) in [6.45, 7) is 2.34. The lowest BCUT2D eigenvalue weighted by Crippen LogP contribution is -2.53. The number of hydrogen-bond acceptors (Lipinski definition) is 2. The summed E-state index contributed by atoms with van der Waals surface area (Å²) in [7, 11) is 0. The molecule has 0 aromatic heterocycles. The second-order valence-electron chi connectivity index (χ2n) is 6.56. The molecule has 6 heteroatoms. The van der Waals surface area contributed by atoms with Crippen LogP contribution >= 0.6 is 0 Å². The van der Waals surface area contributed by atoms with Gasteiger partial charge in [-0.15, -0.1) is 0 Å². The maximum Gasteiger partial charge on any atom is 0.404 e. The third-order valence-corrected chi connectivity index (χ3v) is 4.87. The van der Waals surface area contributed by atoms with Crippen molar-refractivity contribution in [1.82, 2.24) is 10.6 Å². The van der Waals surface area contributed by atoms with Crippen LogP contribution in [0.5, 0.6) is 0 Å². The van der Waals surface area contributed by atoms with Gasteiger partial charge < -0.3 is 10.6 Å². The van der Waals surface area contributed by atoms with Gasteiger partial charge in [-0.3, -0.25) is 4.79 Å². The van der Waals surface area contributed by atoms with E-state index in [-0.39, 0.29) is 24.9 Å². The van der Waals surface area contributed by atoms with E-state index in [9.17, 15) is 18.0 Å². The lowest BCUT2D eigenvalue weighted by atomic mass is 9.75. The van der Waals surface area contributed by atoms with Crippen LogP contribution in [0.1, 0.15) is 45.4 Å². The standard InChI is InChI=1S/C14H23F3N2O/c1-12(5-3-2-4-6-12)9-19-11(20)13(14(15,16)17)7-8-18-10-13/h18H,2-10H2,1H3,(H,19,20). The van der Waals surface area contributed by atoms with Crippen molar-refractivity contribution in [3.8, 4) is 0 Å². The molecular weight excluding hydrogens is 269 g/mol. The van der Waals surface area contributed by atoms with Crippen LogP contribution in [0.4, 0.5) is 13.2 Å². The molecule has 0 radical (unpaired) electrons. The molecule has 1 aliphatic heterocycles. The average molecular weight is 292 g/mol. The molecule has 1 heterocycles. The summed E-state index contributed by atoms with van der Waals surface area (Å²) in [5.74, 6) is -0.859. The normalized spacial score (nSPS) is 30.2. The number of nitrogens with one attached hydrogen (secondary N) is 2. The summed E-state index contributed by atoms with van der Waals surface area (Å²) in [5, 5.41) is 5.25. The van der Waals surface area contributed by atoms with E-state index in [4.69, 9.17) is 0 Å². The topological polar surface area (TPSA) is 41.1 Å². The van der Waals surface area contributed by atoms with Gasteiger partial charge in [0, 0.05) is 13.1 Å². The Morgan fingerprint density at radius 3 is 2.35 bits per heavy atom. The SMILES string of the molecule is CC1(CNC(=O)C2(C(F)(F)F)CCNC2)CCCCC1. The molecule has 0 spiro atoms. The first-order valence-electron chi connectivity index (χ1n) is 7.35. The van der Waals surface area contributed by atoms with E-state index in [1.54, 1.807) is 0 Å². The lowest BCUT2D eigenvalue weighted by Gasteiger charge is -2.36. The zero-order chi connectivity index (χ0) is 14.9. The van der Waals surface area contributed by atoms with Gasteiger partial charge in [0.15, 0.2) is 5.41 Å². The molecule has 1 saturated carbocycles. The van der Waals surface area contributed by atoms with Gasteiger partial charge in [-0.2, -0.15) is 13.2 Å². The number of carbonyl (C=O) groups is 1. The molecule has 20 heavy (non-hydrogen) atoms. The summed E-state index contributed by atoms with van der Waals surface area (Å²) >= 11 is 0. The van der Waals surface area contributed by atoms with Crippen molar-refractivity contribution in [2.45, 2.75) is 51.6 Å². The summed E-state index contributed by atoms with van der Waals surface area (Å²) in [5.41, 5.74) is -2.29. The maximum absolute atomic E-state index is 13.2. The first-order valence-corrected chi connectivity index (χ1v) is 7.35. The fraction of sp³-hybridized carbons (Fsp3) is 0.929. The minimum absolute atomic E-state index is 0.0489. The molecule has 1 saturated heterocycles. The Balaban J connectivity index is 1.99. The van der Waals surface area contributed by atoms with E-state index < -0.39 is 17.5 Å². The van der Waals surface area contributed by atoms with Crippen molar-refractivity contribution in [2.24, 2.45) is 10.8 Å². The fourth-order valence-corrected chi connectivity index (χ4v) is 3.30. The number of amides is 1. The molecule has 2 aliphatic rings. The Bertz CT molecular complexity index is 356. The zero-order valence-electron chi connectivity index (χ0n) is 11.9. The van der Waals surface area contributed by atoms with Gasteiger partial charge in [0.05, 0.1) is 0 Å². The Morgan fingerprint density at radius 2 is 1.85 bits per heavy atom. The highest BCUT2D eigenvalue weighted by Crippen LogP contribution is 2.43. The Kier molecular flexibility index (Phi) is 4.33. The molecule has 1 unspecified atom stereocenters. The van der Waals surface area contributed by atoms with Gasteiger partial charge in [-0.05, 0) is 31.2 Å². The smallest absolute Gasteiger partial charge is 0.355 e. The molecule has 0 bridgehead atoms. The van der Waals surface area contributed by atoms with Gasteiger partial charge in [-0.1, -0.05) is 26.2 Å². The van der Waals surface area contributed by atoms with E-state index in [0.29, 0.717) is 6.54 Å². The maximum atomic E-state index is 13.2. The van der Waals surface area contributed by atoms with E-state index in [1.807, 2.05) is 0 Å². The van der Waals surface area contributed by atoms with Gasteiger partial charge in [0.2, 0.25) is 5.91 Å². The molecular formula is C14H23F3N2O. The quantitative estimate of drug-likeness (QED) is 0.839. The van der Waals surface area contributed by atoms with E-state index in [0.717, 1.165) is 25.7 Å². The molecule has 1 atom stereocenters. The van der Waals surface area contributed by atoms with E-state index in [2.05, 4.69) is 17.6 Å². The third-order valence-electron chi connectivity index (χ3n) is 4.87. The van der Waals surface area contributed by atoms with Crippen LogP contribution in [0.3, 0.4) is 0 Å². The van der Waals surface area contributed by atoms with Gasteiger partial charge in [-0.25, -0.2) is 0 Å². The molecule has 1 aliphatic carbocycles. The lowest BCUT2D eigenvalue weighted by molar-refractivity contribution is -0.216. The first-order chi connectivity index (χ1) is 9.29. The van der Waals surface area contributed by atoms with E-state index >= 15 is 0 Å². The van der Waals surface area contributed by atoms with Gasteiger partial charge in [0.1, 0.15) is 0 Å². The molecule has 3 nitrogen and oxygen atoms in total.